The first-order valence-corrected chi connectivity index (χ1v) is 6.47. The van der Waals surface area contributed by atoms with Crippen molar-refractivity contribution in [3.05, 3.63) is 0 Å². The first-order valence-electron chi connectivity index (χ1n) is 3.94. The number of halogens is 1. The van der Waals surface area contributed by atoms with Gasteiger partial charge in [0.25, 0.3) is 0 Å². The van der Waals surface area contributed by atoms with E-state index in [1.54, 1.807) is 0 Å². The molecule has 0 aromatic rings. The van der Waals surface area contributed by atoms with Gasteiger partial charge in [0.1, 0.15) is 0 Å². The maximum atomic E-state index is 9.44. The van der Waals surface area contributed by atoms with Gasteiger partial charge < -0.3 is 30.2 Å². The summed E-state index contributed by atoms with van der Waals surface area (Å²) in [5, 5.41) is 34.0. The summed E-state index contributed by atoms with van der Waals surface area (Å²) in [5.41, 5.74) is -1.11. The fourth-order valence-electron chi connectivity index (χ4n) is 0.375. The van der Waals surface area contributed by atoms with Crippen LogP contribution in [0.15, 0.2) is 0 Å². The second-order valence-electron chi connectivity index (χ2n) is 2.77. The zero-order valence-electron chi connectivity index (χ0n) is 8.64. The summed E-state index contributed by atoms with van der Waals surface area (Å²) in [6.07, 6.45) is 0. The Labute approximate surface area is 105 Å². The molecule has 17 heavy (non-hydrogen) atoms. The van der Waals surface area contributed by atoms with Gasteiger partial charge in [0, 0.05) is 0 Å². The topological polar surface area (TPSA) is 165 Å². The van der Waals surface area contributed by atoms with Crippen LogP contribution in [0.25, 0.3) is 0 Å². The summed E-state index contributed by atoms with van der Waals surface area (Å²) in [6.45, 7) is -1.62. The van der Waals surface area contributed by atoms with Gasteiger partial charge in [0.2, 0.25) is 0 Å². The largest absolute Gasteiger partial charge is 0.396 e. The van der Waals surface area contributed by atoms with Crippen LogP contribution in [-0.4, -0.2) is 56.6 Å². The van der Waals surface area contributed by atoms with Crippen molar-refractivity contribution in [3.63, 3.8) is 0 Å². The third-order valence-electron chi connectivity index (χ3n) is 1.52. The van der Waals surface area contributed by atoms with Crippen LogP contribution < -0.4 is 0 Å². The first-order chi connectivity index (χ1) is 7.37. The highest BCUT2D eigenvalue weighted by Gasteiger charge is 2.26. The Balaban J connectivity index is -0.000000224. The summed E-state index contributed by atoms with van der Waals surface area (Å²) in [6, 6.07) is 0. The second kappa shape index (κ2) is 12.9. The molecule has 0 fully saturated rings. The molecule has 12 heteroatoms. The van der Waals surface area contributed by atoms with E-state index in [1.165, 1.54) is 0 Å². The molecule has 2 atom stereocenters. The van der Waals surface area contributed by atoms with E-state index in [0.717, 1.165) is 0 Å². The standard InChI is InChI=1S/C5H12O4.ClH.H4O5P2/c6-1-5(2-7,3-8)4-9;;1-6(2)5-7(3)4/h6-9H,1-4H2;1H;6-7H,(H,1,2)(H,3,4). The summed E-state index contributed by atoms with van der Waals surface area (Å²) in [5.74, 6) is 0. The molecule has 0 aliphatic rings. The molecule has 0 aromatic carbocycles. The molecule has 9 nitrogen and oxygen atoms in total. The SMILES string of the molecule is Cl.O=[PH](O)O[PH](=O)O.OCC(CO)(CO)CO. The molecule has 0 heterocycles. The molecular formula is C5H17ClO9P2. The molecule has 0 aromatic heterocycles. The molecule has 0 saturated carbocycles. The van der Waals surface area contributed by atoms with E-state index < -0.39 is 48.4 Å². The van der Waals surface area contributed by atoms with Crippen molar-refractivity contribution in [3.8, 4) is 0 Å². The Morgan fingerprint density at radius 3 is 1.06 bits per heavy atom. The van der Waals surface area contributed by atoms with E-state index in [1.807, 2.05) is 0 Å². The lowest BCUT2D eigenvalue weighted by Crippen LogP contribution is -2.37. The van der Waals surface area contributed by atoms with Crippen molar-refractivity contribution in [1.29, 1.82) is 0 Å². The van der Waals surface area contributed by atoms with E-state index in [2.05, 4.69) is 4.31 Å². The molecule has 0 aliphatic heterocycles. The van der Waals surface area contributed by atoms with Crippen LogP contribution in [0.4, 0.5) is 0 Å². The Morgan fingerprint density at radius 2 is 1.06 bits per heavy atom. The van der Waals surface area contributed by atoms with Crippen molar-refractivity contribution in [1.82, 2.24) is 0 Å². The molecule has 0 bridgehead atoms. The molecule has 0 radical (unpaired) electrons. The van der Waals surface area contributed by atoms with Gasteiger partial charge in [-0.2, -0.15) is 0 Å². The van der Waals surface area contributed by atoms with Crippen molar-refractivity contribution in [2.24, 2.45) is 5.41 Å². The van der Waals surface area contributed by atoms with Crippen LogP contribution in [0.2, 0.25) is 0 Å². The maximum Gasteiger partial charge on any atom is 0.323 e. The van der Waals surface area contributed by atoms with Crippen LogP contribution in [0, 0.1) is 5.41 Å². The number of hydrogen-bond acceptors (Lipinski definition) is 7. The molecule has 0 saturated heterocycles. The average molecular weight is 319 g/mol. The molecule has 6 N–H and O–H groups in total. The normalized spacial score (nSPS) is 14.0. The van der Waals surface area contributed by atoms with Gasteiger partial charge >= 0.3 is 16.5 Å². The molecule has 0 aliphatic carbocycles. The van der Waals surface area contributed by atoms with E-state index in [0.29, 0.717) is 0 Å². The molecule has 0 amide bonds. The summed E-state index contributed by atoms with van der Waals surface area (Å²) < 4.78 is 22.3. The van der Waals surface area contributed by atoms with Gasteiger partial charge in [0.05, 0.1) is 31.8 Å². The van der Waals surface area contributed by atoms with Crippen LogP contribution >= 0.6 is 28.9 Å². The lowest BCUT2D eigenvalue weighted by molar-refractivity contribution is -0.0328. The van der Waals surface area contributed by atoms with Gasteiger partial charge in [0.15, 0.2) is 0 Å². The number of aliphatic hydroxyl groups is 4. The molecule has 108 valence electrons. The summed E-state index contributed by atoms with van der Waals surface area (Å²) in [7, 11) is -6.40. The number of aliphatic hydroxyl groups excluding tert-OH is 4. The lowest BCUT2D eigenvalue weighted by atomic mass is 9.93. The van der Waals surface area contributed by atoms with Crippen molar-refractivity contribution in [2.45, 2.75) is 0 Å². The highest BCUT2D eigenvalue weighted by atomic mass is 35.5. The minimum absolute atomic E-state index is 0. The van der Waals surface area contributed by atoms with Crippen molar-refractivity contribution < 1.29 is 43.7 Å². The van der Waals surface area contributed by atoms with E-state index in [-0.39, 0.29) is 12.4 Å². The summed E-state index contributed by atoms with van der Waals surface area (Å²) >= 11 is 0. The predicted octanol–water partition coefficient (Wildman–Crippen LogP) is -1.87. The first kappa shape index (κ1) is 22.6. The Bertz CT molecular complexity index is 192. The Kier molecular flexibility index (Phi) is 17.2. The average Bonchev–Trinajstić information content (AvgIpc) is 2.21. The molecule has 0 spiro atoms. The van der Waals surface area contributed by atoms with Crippen LogP contribution in [0.3, 0.4) is 0 Å². The highest BCUT2D eigenvalue weighted by molar-refractivity contribution is 7.46. The number of rotatable bonds is 6. The fourth-order valence-corrected chi connectivity index (χ4v) is 0.972. The zero-order valence-corrected chi connectivity index (χ0v) is 11.5. The Morgan fingerprint density at radius 1 is 0.824 bits per heavy atom. The minimum Gasteiger partial charge on any atom is -0.396 e. The zero-order chi connectivity index (χ0) is 13.2. The van der Waals surface area contributed by atoms with Gasteiger partial charge in [-0.25, -0.2) is 4.31 Å². The van der Waals surface area contributed by atoms with E-state index in [4.69, 9.17) is 30.2 Å². The van der Waals surface area contributed by atoms with Gasteiger partial charge in [-0.3, -0.25) is 9.13 Å². The Hall–Kier alpha value is 0.470. The van der Waals surface area contributed by atoms with Crippen LogP contribution in [-0.2, 0) is 13.4 Å². The molecular weight excluding hydrogens is 301 g/mol. The molecule has 2 unspecified atom stereocenters. The lowest BCUT2D eigenvalue weighted by Gasteiger charge is -2.23. The van der Waals surface area contributed by atoms with Crippen LogP contribution in [0.5, 0.6) is 0 Å². The fraction of sp³-hybridized carbons (Fsp3) is 1.00. The van der Waals surface area contributed by atoms with Gasteiger partial charge in [-0.1, -0.05) is 0 Å². The van der Waals surface area contributed by atoms with Crippen molar-refractivity contribution >= 4 is 28.9 Å². The summed E-state index contributed by atoms with van der Waals surface area (Å²) in [4.78, 5) is 15.4. The number of hydrogen-bond donors (Lipinski definition) is 6. The van der Waals surface area contributed by atoms with Gasteiger partial charge in [-0.05, 0) is 0 Å². The third-order valence-corrected chi connectivity index (χ3v) is 2.91. The van der Waals surface area contributed by atoms with Gasteiger partial charge in [-0.15, -0.1) is 12.4 Å². The highest BCUT2D eigenvalue weighted by Crippen LogP contribution is 2.30. The quantitative estimate of drug-likeness (QED) is 0.308. The van der Waals surface area contributed by atoms with Crippen molar-refractivity contribution in [2.75, 3.05) is 26.4 Å². The predicted molar refractivity (Wildman–Crippen MR) is 61.5 cm³/mol. The molecule has 0 rings (SSSR count). The third kappa shape index (κ3) is 12.7. The van der Waals surface area contributed by atoms with E-state index in [9.17, 15) is 9.13 Å². The smallest absolute Gasteiger partial charge is 0.323 e. The minimum atomic E-state index is -3.20. The van der Waals surface area contributed by atoms with Crippen LogP contribution in [0.1, 0.15) is 0 Å². The monoisotopic (exact) mass is 318 g/mol. The maximum absolute atomic E-state index is 9.44. The van der Waals surface area contributed by atoms with E-state index >= 15 is 0 Å². The second-order valence-corrected chi connectivity index (χ2v) is 4.65.